The molecule has 0 saturated heterocycles. The number of anilines is 1. The van der Waals surface area contributed by atoms with Gasteiger partial charge in [-0.05, 0) is 68.8 Å². The average molecular weight is 433 g/mol. The third-order valence-corrected chi connectivity index (χ3v) is 6.12. The predicted molar refractivity (Wildman–Crippen MR) is 121 cm³/mol. The number of carbonyl (C=O) groups is 1. The molecule has 1 amide bonds. The molecule has 2 aromatic carbocycles. The highest BCUT2D eigenvalue weighted by Gasteiger charge is 2.15. The highest BCUT2D eigenvalue weighted by Crippen LogP contribution is 2.17. The van der Waals surface area contributed by atoms with Crippen LogP contribution in [0.3, 0.4) is 0 Å². The number of ether oxygens (including phenoxy) is 1. The van der Waals surface area contributed by atoms with Crippen LogP contribution in [-0.2, 0) is 10.0 Å². The van der Waals surface area contributed by atoms with E-state index in [2.05, 4.69) is 17.0 Å². The van der Waals surface area contributed by atoms with Crippen molar-refractivity contribution < 1.29 is 17.9 Å². The van der Waals surface area contributed by atoms with Crippen LogP contribution in [0.25, 0.3) is 0 Å². The molecule has 2 aromatic rings. The summed E-state index contributed by atoms with van der Waals surface area (Å²) >= 11 is 0. The second-order valence-electron chi connectivity index (χ2n) is 7.54. The molecule has 0 aromatic heterocycles. The van der Waals surface area contributed by atoms with Crippen LogP contribution in [0.2, 0.25) is 0 Å². The predicted octanol–water partition coefficient (Wildman–Crippen LogP) is 4.97. The maximum Gasteiger partial charge on any atom is 0.255 e. The number of unbranched alkanes of at least 4 members (excludes halogenated alkanes) is 4. The Morgan fingerprint density at radius 2 is 1.57 bits per heavy atom. The number of hydrogen-bond acceptors (Lipinski definition) is 4. The first-order valence-corrected chi connectivity index (χ1v) is 12.0. The van der Waals surface area contributed by atoms with E-state index in [1.807, 2.05) is 0 Å². The Bertz CT molecular complexity index is 892. The Labute approximate surface area is 180 Å². The van der Waals surface area contributed by atoms with Gasteiger partial charge < -0.3 is 10.1 Å². The first-order chi connectivity index (χ1) is 14.3. The molecule has 0 fully saturated rings. The molecule has 164 valence electrons. The maximum atomic E-state index is 12.4. The Morgan fingerprint density at radius 1 is 0.933 bits per heavy atom. The summed E-state index contributed by atoms with van der Waals surface area (Å²) < 4.78 is 32.6. The quantitative estimate of drug-likeness (QED) is 0.464. The molecule has 0 aliphatic carbocycles. The summed E-state index contributed by atoms with van der Waals surface area (Å²) in [6, 6.07) is 12.9. The molecule has 7 heteroatoms. The Morgan fingerprint density at radius 3 is 2.17 bits per heavy atom. The van der Waals surface area contributed by atoms with Crippen LogP contribution in [-0.4, -0.2) is 27.0 Å². The normalized spacial score (nSPS) is 11.5. The molecule has 0 aliphatic rings. The van der Waals surface area contributed by atoms with Crippen molar-refractivity contribution in [2.24, 2.45) is 0 Å². The monoisotopic (exact) mass is 432 g/mol. The minimum absolute atomic E-state index is 0.158. The number of sulfonamides is 1. The third-order valence-electron chi connectivity index (χ3n) is 4.45. The van der Waals surface area contributed by atoms with Crippen molar-refractivity contribution >= 4 is 21.6 Å². The molecule has 0 spiro atoms. The summed E-state index contributed by atoms with van der Waals surface area (Å²) in [6.45, 7) is 6.39. The van der Waals surface area contributed by atoms with E-state index in [1.165, 1.54) is 37.8 Å². The van der Waals surface area contributed by atoms with Gasteiger partial charge in [0.1, 0.15) is 5.75 Å². The first kappa shape index (κ1) is 23.9. The smallest absolute Gasteiger partial charge is 0.255 e. The Balaban J connectivity index is 1.87. The van der Waals surface area contributed by atoms with Crippen molar-refractivity contribution in [3.8, 4) is 5.75 Å². The molecule has 0 radical (unpaired) electrons. The van der Waals surface area contributed by atoms with Gasteiger partial charge in [-0.1, -0.05) is 32.6 Å². The van der Waals surface area contributed by atoms with Gasteiger partial charge >= 0.3 is 0 Å². The van der Waals surface area contributed by atoms with Gasteiger partial charge in [-0.3, -0.25) is 4.79 Å². The van der Waals surface area contributed by atoms with Crippen LogP contribution in [0.15, 0.2) is 53.4 Å². The molecule has 2 N–H and O–H groups in total. The fourth-order valence-corrected chi connectivity index (χ4v) is 4.15. The minimum Gasteiger partial charge on any atom is -0.494 e. The lowest BCUT2D eigenvalue weighted by atomic mass is 10.1. The topological polar surface area (TPSA) is 84.5 Å². The fourth-order valence-electron chi connectivity index (χ4n) is 2.90. The standard InChI is InChI=1S/C23H32N2O4S/c1-4-5-6-7-8-17-29-21-13-9-19(10-14-21)23(26)24-20-11-15-22(16-12-20)30(27,28)25-18(2)3/h9-16,18,25H,4-8,17H2,1-3H3,(H,24,26). The van der Waals surface area contributed by atoms with Gasteiger partial charge in [0.25, 0.3) is 5.91 Å². The summed E-state index contributed by atoms with van der Waals surface area (Å²) in [5.74, 6) is 0.478. The first-order valence-electron chi connectivity index (χ1n) is 10.5. The molecular formula is C23H32N2O4S. The van der Waals surface area contributed by atoms with Crippen molar-refractivity contribution in [2.45, 2.75) is 63.8 Å². The van der Waals surface area contributed by atoms with Crippen LogP contribution in [0.1, 0.15) is 63.2 Å². The fraction of sp³-hybridized carbons (Fsp3) is 0.435. The van der Waals surface area contributed by atoms with Crippen molar-refractivity contribution in [3.05, 3.63) is 54.1 Å². The lowest BCUT2D eigenvalue weighted by molar-refractivity contribution is 0.102. The van der Waals surface area contributed by atoms with Gasteiger partial charge in [-0.15, -0.1) is 0 Å². The van der Waals surface area contributed by atoms with Crippen molar-refractivity contribution in [3.63, 3.8) is 0 Å². The van der Waals surface area contributed by atoms with E-state index in [0.717, 1.165) is 12.2 Å². The molecule has 0 bridgehead atoms. The zero-order chi connectivity index (χ0) is 22.0. The summed E-state index contributed by atoms with van der Waals surface area (Å²) in [7, 11) is -3.55. The van der Waals surface area contributed by atoms with Gasteiger partial charge in [0.2, 0.25) is 10.0 Å². The largest absolute Gasteiger partial charge is 0.494 e. The van der Waals surface area contributed by atoms with E-state index >= 15 is 0 Å². The molecular weight excluding hydrogens is 400 g/mol. The SMILES string of the molecule is CCCCCCCOc1ccc(C(=O)Nc2ccc(S(=O)(=O)NC(C)C)cc2)cc1. The van der Waals surface area contributed by atoms with Crippen LogP contribution in [0.5, 0.6) is 5.75 Å². The summed E-state index contributed by atoms with van der Waals surface area (Å²) in [4.78, 5) is 12.6. The van der Waals surface area contributed by atoms with E-state index in [-0.39, 0.29) is 16.8 Å². The Kier molecular flexibility index (Phi) is 9.33. The van der Waals surface area contributed by atoms with Gasteiger partial charge in [0.15, 0.2) is 0 Å². The molecule has 0 unspecified atom stereocenters. The summed E-state index contributed by atoms with van der Waals surface area (Å²) in [5.41, 5.74) is 1.03. The number of carbonyl (C=O) groups excluding carboxylic acids is 1. The molecule has 0 saturated carbocycles. The van der Waals surface area contributed by atoms with Gasteiger partial charge in [-0.25, -0.2) is 13.1 Å². The number of rotatable bonds is 12. The molecule has 2 rings (SSSR count). The highest BCUT2D eigenvalue weighted by atomic mass is 32.2. The average Bonchev–Trinajstić information content (AvgIpc) is 2.70. The van der Waals surface area contributed by atoms with Crippen LogP contribution in [0.4, 0.5) is 5.69 Å². The van der Waals surface area contributed by atoms with Crippen molar-refractivity contribution in [1.82, 2.24) is 4.72 Å². The Hall–Kier alpha value is -2.38. The van der Waals surface area contributed by atoms with Crippen molar-refractivity contribution in [2.75, 3.05) is 11.9 Å². The maximum absolute atomic E-state index is 12.4. The number of amides is 1. The molecule has 6 nitrogen and oxygen atoms in total. The summed E-state index contributed by atoms with van der Waals surface area (Å²) in [5, 5.41) is 2.77. The second kappa shape index (κ2) is 11.7. The van der Waals surface area contributed by atoms with Crippen molar-refractivity contribution in [1.29, 1.82) is 0 Å². The zero-order valence-corrected chi connectivity index (χ0v) is 18.8. The highest BCUT2D eigenvalue weighted by molar-refractivity contribution is 7.89. The molecule has 0 aliphatic heterocycles. The number of benzene rings is 2. The van der Waals surface area contributed by atoms with E-state index in [0.29, 0.717) is 17.9 Å². The van der Waals surface area contributed by atoms with Crippen LogP contribution in [0, 0.1) is 0 Å². The van der Waals surface area contributed by atoms with Gasteiger partial charge in [0, 0.05) is 17.3 Å². The van der Waals surface area contributed by atoms with Crippen LogP contribution >= 0.6 is 0 Å². The lowest BCUT2D eigenvalue weighted by Gasteiger charge is -2.11. The van der Waals surface area contributed by atoms with Gasteiger partial charge in [-0.2, -0.15) is 0 Å². The summed E-state index contributed by atoms with van der Waals surface area (Å²) in [6.07, 6.45) is 5.92. The third kappa shape index (κ3) is 7.80. The van der Waals surface area contributed by atoms with Crippen LogP contribution < -0.4 is 14.8 Å². The zero-order valence-electron chi connectivity index (χ0n) is 18.0. The second-order valence-corrected chi connectivity index (χ2v) is 9.26. The van der Waals surface area contributed by atoms with E-state index in [1.54, 1.807) is 50.2 Å². The van der Waals surface area contributed by atoms with E-state index in [4.69, 9.17) is 4.74 Å². The molecule has 0 heterocycles. The molecule has 0 atom stereocenters. The number of hydrogen-bond donors (Lipinski definition) is 2. The lowest BCUT2D eigenvalue weighted by Crippen LogP contribution is -2.30. The molecule has 30 heavy (non-hydrogen) atoms. The van der Waals surface area contributed by atoms with E-state index < -0.39 is 10.0 Å². The number of nitrogens with one attached hydrogen (secondary N) is 2. The minimum atomic E-state index is -3.55. The van der Waals surface area contributed by atoms with E-state index in [9.17, 15) is 13.2 Å². The van der Waals surface area contributed by atoms with Gasteiger partial charge in [0.05, 0.1) is 11.5 Å².